The maximum Gasteiger partial charge on any atom is 0.420 e. The van der Waals surface area contributed by atoms with E-state index in [4.69, 9.17) is 9.47 Å². The van der Waals surface area contributed by atoms with Crippen molar-refractivity contribution >= 4 is 16.8 Å². The van der Waals surface area contributed by atoms with Gasteiger partial charge in [-0.05, 0) is 29.8 Å². The number of benzene rings is 2. The standard InChI is InChI=1S/C28H28F5N5O6/c1-36-12-17(11-34-36)15-7-18-22(20(8-15)43-6-4-5-39)24(37(2)35-18)16-9-19(42-3)23(21(10-16)44-26(29)30)25(40)38-13-27(41,14-38)28(31,32)33/h7-12,26,39,41H,4-6,13-14H2,1-3H3. The lowest BCUT2D eigenvalue weighted by Gasteiger charge is -2.47. The lowest BCUT2D eigenvalue weighted by molar-refractivity contribution is -0.294. The van der Waals surface area contributed by atoms with E-state index in [1.54, 1.807) is 43.3 Å². The Bertz CT molecular complexity index is 1700. The van der Waals surface area contributed by atoms with E-state index in [2.05, 4.69) is 14.9 Å². The number of rotatable bonds is 10. The van der Waals surface area contributed by atoms with Gasteiger partial charge in [-0.1, -0.05) is 0 Å². The number of likely N-dealkylation sites (tertiary alicyclic amines) is 1. The molecule has 1 aliphatic heterocycles. The zero-order valence-corrected chi connectivity index (χ0v) is 23.7. The molecular formula is C28H28F5N5O6. The van der Waals surface area contributed by atoms with E-state index in [1.807, 2.05) is 0 Å². The number of β-amino-alcohol motifs (C(OH)–C–C–N with tert-alkyl or cyclic N) is 1. The van der Waals surface area contributed by atoms with E-state index in [0.29, 0.717) is 33.7 Å². The third kappa shape index (κ3) is 5.61. The quantitative estimate of drug-likeness (QED) is 0.202. The van der Waals surface area contributed by atoms with Gasteiger partial charge in [0.25, 0.3) is 5.91 Å². The highest BCUT2D eigenvalue weighted by Crippen LogP contribution is 2.44. The summed E-state index contributed by atoms with van der Waals surface area (Å²) < 4.78 is 85.9. The van der Waals surface area contributed by atoms with Gasteiger partial charge in [0, 0.05) is 44.4 Å². The highest BCUT2D eigenvalue weighted by Gasteiger charge is 2.62. The molecule has 1 fully saturated rings. The van der Waals surface area contributed by atoms with Gasteiger partial charge in [0.2, 0.25) is 0 Å². The van der Waals surface area contributed by atoms with Crippen molar-refractivity contribution in [2.75, 3.05) is 33.4 Å². The fourth-order valence-corrected chi connectivity index (χ4v) is 5.07. The van der Waals surface area contributed by atoms with Gasteiger partial charge in [0.1, 0.15) is 22.8 Å². The fraction of sp³-hybridized carbons (Fsp3) is 0.393. The predicted molar refractivity (Wildman–Crippen MR) is 146 cm³/mol. The monoisotopic (exact) mass is 625 g/mol. The van der Waals surface area contributed by atoms with E-state index in [1.165, 1.54) is 10.7 Å². The minimum absolute atomic E-state index is 0.121. The Labute approximate surface area is 246 Å². The molecular weight excluding hydrogens is 597 g/mol. The van der Waals surface area contributed by atoms with Gasteiger partial charge in [-0.15, -0.1) is 0 Å². The van der Waals surface area contributed by atoms with Crippen LogP contribution < -0.4 is 14.2 Å². The third-order valence-corrected chi connectivity index (χ3v) is 7.21. The molecule has 0 unspecified atom stereocenters. The van der Waals surface area contributed by atoms with Crippen LogP contribution in [0.5, 0.6) is 17.2 Å². The molecule has 5 rings (SSSR count). The number of hydrogen-bond acceptors (Lipinski definition) is 8. The number of aromatic nitrogens is 4. The van der Waals surface area contributed by atoms with Crippen LogP contribution in [0.15, 0.2) is 36.7 Å². The topological polar surface area (TPSA) is 124 Å². The van der Waals surface area contributed by atoms with Crippen molar-refractivity contribution < 1.29 is 51.2 Å². The number of aliphatic hydroxyl groups is 2. The third-order valence-electron chi connectivity index (χ3n) is 7.21. The Hall–Kier alpha value is -4.44. The average molecular weight is 626 g/mol. The zero-order chi connectivity index (χ0) is 32.0. The van der Waals surface area contributed by atoms with Crippen molar-refractivity contribution in [3.63, 3.8) is 0 Å². The van der Waals surface area contributed by atoms with Crippen LogP contribution in [0.1, 0.15) is 16.8 Å². The minimum atomic E-state index is -4.99. The number of fused-ring (bicyclic) bond motifs is 1. The smallest absolute Gasteiger partial charge is 0.420 e. The lowest BCUT2D eigenvalue weighted by Crippen LogP contribution is -2.70. The van der Waals surface area contributed by atoms with Crippen LogP contribution in [0.3, 0.4) is 0 Å². The van der Waals surface area contributed by atoms with E-state index >= 15 is 0 Å². The molecule has 236 valence electrons. The maximum absolute atomic E-state index is 13.6. The summed E-state index contributed by atoms with van der Waals surface area (Å²) in [6, 6.07) is 6.02. The molecule has 1 aliphatic rings. The first kappa shape index (κ1) is 31.0. The van der Waals surface area contributed by atoms with Crippen LogP contribution in [0.25, 0.3) is 33.3 Å². The molecule has 1 saturated heterocycles. The normalized spacial score (nSPS) is 14.7. The Morgan fingerprint density at radius 3 is 2.34 bits per heavy atom. The Morgan fingerprint density at radius 1 is 1.07 bits per heavy atom. The van der Waals surface area contributed by atoms with E-state index in [-0.39, 0.29) is 24.5 Å². The largest absolute Gasteiger partial charge is 0.496 e. The summed E-state index contributed by atoms with van der Waals surface area (Å²) >= 11 is 0. The van der Waals surface area contributed by atoms with Crippen LogP contribution in [0.2, 0.25) is 0 Å². The molecule has 0 aliphatic carbocycles. The Balaban J connectivity index is 1.64. The average Bonchev–Trinajstić information content (AvgIpc) is 3.51. The number of hydrogen-bond donors (Lipinski definition) is 2. The summed E-state index contributed by atoms with van der Waals surface area (Å²) in [5.74, 6) is -1.64. The summed E-state index contributed by atoms with van der Waals surface area (Å²) in [6.07, 6.45) is -1.21. The summed E-state index contributed by atoms with van der Waals surface area (Å²) in [7, 11) is 4.53. The van der Waals surface area contributed by atoms with Crippen molar-refractivity contribution in [2.45, 2.75) is 24.8 Å². The molecule has 1 amide bonds. The second kappa shape index (κ2) is 11.6. The fourth-order valence-electron chi connectivity index (χ4n) is 5.07. The maximum atomic E-state index is 13.6. The van der Waals surface area contributed by atoms with Crippen LogP contribution in [-0.4, -0.2) is 92.4 Å². The molecule has 0 radical (unpaired) electrons. The van der Waals surface area contributed by atoms with Gasteiger partial charge in [-0.3, -0.25) is 14.2 Å². The first-order chi connectivity index (χ1) is 20.8. The second-order valence-electron chi connectivity index (χ2n) is 10.3. The zero-order valence-electron chi connectivity index (χ0n) is 23.7. The van der Waals surface area contributed by atoms with Gasteiger partial charge in [0.05, 0.1) is 49.6 Å². The summed E-state index contributed by atoms with van der Waals surface area (Å²) in [5.41, 5.74) is -1.11. The van der Waals surface area contributed by atoms with E-state index in [9.17, 15) is 37.0 Å². The molecule has 0 atom stereocenters. The SMILES string of the molecule is COc1cc(-c2c3c(OCCCO)cc(-c4cnn(C)c4)cc3nn2C)cc(OC(F)F)c1C(=O)N1CC(O)(C(F)(F)F)C1. The highest BCUT2D eigenvalue weighted by molar-refractivity contribution is 6.04. The first-order valence-electron chi connectivity index (χ1n) is 13.3. The Morgan fingerprint density at radius 2 is 1.75 bits per heavy atom. The number of halogens is 5. The number of alkyl halides is 5. The minimum Gasteiger partial charge on any atom is -0.496 e. The van der Waals surface area contributed by atoms with Crippen molar-refractivity contribution in [1.29, 1.82) is 0 Å². The van der Waals surface area contributed by atoms with Gasteiger partial charge in [0.15, 0.2) is 5.60 Å². The molecule has 3 heterocycles. The molecule has 11 nitrogen and oxygen atoms in total. The number of aryl methyl sites for hydroxylation is 2. The molecule has 4 aromatic rings. The summed E-state index contributed by atoms with van der Waals surface area (Å²) in [4.78, 5) is 13.9. The second-order valence-corrected chi connectivity index (χ2v) is 10.3. The number of amides is 1. The van der Waals surface area contributed by atoms with Gasteiger partial charge >= 0.3 is 12.8 Å². The predicted octanol–water partition coefficient (Wildman–Crippen LogP) is 3.76. The number of carbonyl (C=O) groups excluding carboxylic acids is 1. The number of nitrogens with zero attached hydrogens (tertiary/aromatic N) is 5. The van der Waals surface area contributed by atoms with Crippen LogP contribution in [0, 0.1) is 0 Å². The first-order valence-corrected chi connectivity index (χ1v) is 13.3. The van der Waals surface area contributed by atoms with Gasteiger partial charge in [-0.2, -0.15) is 32.1 Å². The van der Waals surface area contributed by atoms with Crippen LogP contribution in [0.4, 0.5) is 22.0 Å². The van der Waals surface area contributed by atoms with Crippen LogP contribution in [-0.2, 0) is 14.1 Å². The molecule has 0 spiro atoms. The molecule has 2 aromatic carbocycles. The summed E-state index contributed by atoms with van der Waals surface area (Å²) in [5, 5.41) is 28.4. The van der Waals surface area contributed by atoms with Gasteiger partial charge < -0.3 is 29.3 Å². The Kier molecular flexibility index (Phi) is 8.15. The summed E-state index contributed by atoms with van der Waals surface area (Å²) in [6.45, 7) is -5.55. The molecule has 2 N–H and O–H groups in total. The van der Waals surface area contributed by atoms with Crippen molar-refractivity contribution in [3.8, 4) is 39.6 Å². The van der Waals surface area contributed by atoms with E-state index < -0.39 is 48.7 Å². The molecule has 0 bridgehead atoms. The lowest BCUT2D eigenvalue weighted by atomic mass is 9.92. The number of carbonyl (C=O) groups is 1. The molecule has 16 heteroatoms. The number of ether oxygens (including phenoxy) is 3. The van der Waals surface area contributed by atoms with Crippen molar-refractivity contribution in [2.24, 2.45) is 14.1 Å². The van der Waals surface area contributed by atoms with Crippen molar-refractivity contribution in [3.05, 3.63) is 42.2 Å². The molecule has 0 saturated carbocycles. The van der Waals surface area contributed by atoms with Crippen LogP contribution >= 0.6 is 0 Å². The van der Waals surface area contributed by atoms with E-state index in [0.717, 1.165) is 24.3 Å². The van der Waals surface area contributed by atoms with Gasteiger partial charge in [-0.25, -0.2) is 0 Å². The highest BCUT2D eigenvalue weighted by atomic mass is 19.4. The molecule has 2 aromatic heterocycles. The van der Waals surface area contributed by atoms with Crippen molar-refractivity contribution in [1.82, 2.24) is 24.5 Å². The molecule has 44 heavy (non-hydrogen) atoms. The number of methoxy groups -OCH3 is 1. The number of aliphatic hydroxyl groups excluding tert-OH is 1.